The quantitative estimate of drug-likeness (QED) is 0.667. The lowest BCUT2D eigenvalue weighted by Crippen LogP contribution is -2.26. The maximum Gasteiger partial charge on any atom is 0.257 e. The molecule has 0 unspecified atom stereocenters. The molecule has 1 aliphatic rings. The van der Waals surface area contributed by atoms with Crippen LogP contribution in [0.25, 0.3) is 0 Å². The van der Waals surface area contributed by atoms with Crippen LogP contribution < -0.4 is 0 Å². The Hall–Kier alpha value is -0.380. The zero-order chi connectivity index (χ0) is 10.8. The van der Waals surface area contributed by atoms with Crippen molar-refractivity contribution in [3.8, 4) is 0 Å². The summed E-state index contributed by atoms with van der Waals surface area (Å²) in [7, 11) is -3.32. The highest BCUT2D eigenvalue weighted by atomic mass is 32.2. The van der Waals surface area contributed by atoms with Crippen molar-refractivity contribution in [1.82, 2.24) is 0 Å². The van der Waals surface area contributed by atoms with Crippen molar-refractivity contribution in [1.29, 1.82) is 0 Å². The van der Waals surface area contributed by atoms with Gasteiger partial charge in [-0.1, -0.05) is 12.8 Å². The van der Waals surface area contributed by atoms with E-state index in [0.29, 0.717) is 5.92 Å². The molecule has 0 spiro atoms. The monoisotopic (exact) mass is 217 g/mol. The van der Waals surface area contributed by atoms with Gasteiger partial charge in [0.25, 0.3) is 10.0 Å². The Balaban J connectivity index is 2.67. The Bertz CT molecular complexity index is 306. The van der Waals surface area contributed by atoms with E-state index in [1.54, 1.807) is 27.0 Å². The van der Waals surface area contributed by atoms with Crippen LogP contribution in [0.4, 0.5) is 0 Å². The maximum atomic E-state index is 11.6. The Morgan fingerprint density at radius 1 is 1.21 bits per heavy atom. The van der Waals surface area contributed by atoms with E-state index in [2.05, 4.69) is 4.40 Å². The van der Waals surface area contributed by atoms with Crippen LogP contribution in [0.1, 0.15) is 46.5 Å². The number of sulfonamides is 1. The van der Waals surface area contributed by atoms with Gasteiger partial charge in [-0.2, -0.15) is 4.40 Å². The molecule has 14 heavy (non-hydrogen) atoms. The zero-order valence-electron chi connectivity index (χ0n) is 9.16. The summed E-state index contributed by atoms with van der Waals surface area (Å²) < 4.78 is 26.2. The van der Waals surface area contributed by atoms with Gasteiger partial charge in [0.15, 0.2) is 0 Å². The second-order valence-electron chi connectivity index (χ2n) is 4.89. The topological polar surface area (TPSA) is 46.5 Å². The fraction of sp³-hybridized carbons (Fsp3) is 0.900. The average molecular weight is 217 g/mol. The zero-order valence-corrected chi connectivity index (χ0v) is 9.97. The number of hydrogen-bond acceptors (Lipinski definition) is 2. The first-order valence-corrected chi connectivity index (χ1v) is 6.57. The van der Waals surface area contributed by atoms with Crippen molar-refractivity contribution in [3.63, 3.8) is 0 Å². The van der Waals surface area contributed by atoms with E-state index in [1.165, 1.54) is 12.8 Å². The van der Waals surface area contributed by atoms with Crippen LogP contribution in [0.2, 0.25) is 0 Å². The van der Waals surface area contributed by atoms with Crippen molar-refractivity contribution in [2.75, 3.05) is 0 Å². The van der Waals surface area contributed by atoms with Gasteiger partial charge in [-0.25, -0.2) is 8.42 Å². The molecular weight excluding hydrogens is 198 g/mol. The summed E-state index contributed by atoms with van der Waals surface area (Å²) in [6.07, 6.45) is 6.21. The second kappa shape index (κ2) is 4.01. The molecular formula is C10H19NO2S. The van der Waals surface area contributed by atoms with Crippen molar-refractivity contribution < 1.29 is 8.42 Å². The van der Waals surface area contributed by atoms with Crippen molar-refractivity contribution in [2.24, 2.45) is 10.3 Å². The van der Waals surface area contributed by atoms with Crippen LogP contribution in [0.5, 0.6) is 0 Å². The molecule has 0 aromatic heterocycles. The molecule has 4 heteroatoms. The fourth-order valence-corrected chi connectivity index (χ4v) is 2.08. The molecule has 0 radical (unpaired) electrons. The molecule has 1 aliphatic carbocycles. The molecule has 0 bridgehead atoms. The maximum absolute atomic E-state index is 11.6. The Kier molecular flexibility index (Phi) is 3.35. The predicted molar refractivity (Wildman–Crippen MR) is 59.1 cm³/mol. The van der Waals surface area contributed by atoms with Crippen molar-refractivity contribution >= 4 is 16.2 Å². The molecule has 1 saturated carbocycles. The molecule has 0 N–H and O–H groups in total. The molecule has 0 amide bonds. The van der Waals surface area contributed by atoms with Crippen LogP contribution in [0.15, 0.2) is 4.40 Å². The van der Waals surface area contributed by atoms with Crippen LogP contribution in [-0.2, 0) is 10.0 Å². The summed E-state index contributed by atoms with van der Waals surface area (Å²) in [6, 6.07) is 0. The van der Waals surface area contributed by atoms with Gasteiger partial charge in [-0.15, -0.1) is 0 Å². The summed E-state index contributed by atoms with van der Waals surface area (Å²) in [5, 5.41) is 0. The van der Waals surface area contributed by atoms with E-state index in [4.69, 9.17) is 0 Å². The fourth-order valence-electron chi connectivity index (χ4n) is 1.43. The average Bonchev–Trinajstić information content (AvgIpc) is 2.50. The van der Waals surface area contributed by atoms with E-state index in [1.807, 2.05) is 0 Å². The molecule has 0 heterocycles. The van der Waals surface area contributed by atoms with Gasteiger partial charge in [0, 0.05) is 6.21 Å². The van der Waals surface area contributed by atoms with E-state index in [0.717, 1.165) is 12.8 Å². The molecule has 0 saturated heterocycles. The molecule has 1 rings (SSSR count). The van der Waals surface area contributed by atoms with E-state index < -0.39 is 14.8 Å². The highest BCUT2D eigenvalue weighted by molar-refractivity contribution is 7.91. The third-order valence-electron chi connectivity index (χ3n) is 2.58. The minimum Gasteiger partial charge on any atom is -0.204 e. The predicted octanol–water partition coefficient (Wildman–Crippen LogP) is 2.38. The van der Waals surface area contributed by atoms with Crippen molar-refractivity contribution in [3.05, 3.63) is 0 Å². The lowest BCUT2D eigenvalue weighted by Gasteiger charge is -2.15. The number of rotatable bonds is 2. The SMILES string of the molecule is CC(C)(C)S(=O)(=O)/N=C/C1CCCC1. The van der Waals surface area contributed by atoms with Crippen molar-refractivity contribution in [2.45, 2.75) is 51.2 Å². The van der Waals surface area contributed by atoms with Crippen LogP contribution in [0.3, 0.4) is 0 Å². The van der Waals surface area contributed by atoms with Crippen LogP contribution in [-0.4, -0.2) is 19.4 Å². The third kappa shape index (κ3) is 2.80. The van der Waals surface area contributed by atoms with Gasteiger partial charge in [0.2, 0.25) is 0 Å². The molecule has 0 aromatic rings. The largest absolute Gasteiger partial charge is 0.257 e. The highest BCUT2D eigenvalue weighted by Crippen LogP contribution is 2.24. The Morgan fingerprint density at radius 2 is 1.71 bits per heavy atom. The first-order valence-electron chi connectivity index (χ1n) is 5.13. The molecule has 0 atom stereocenters. The van der Waals surface area contributed by atoms with Crippen LogP contribution in [0, 0.1) is 5.92 Å². The summed E-state index contributed by atoms with van der Waals surface area (Å²) >= 11 is 0. The first kappa shape index (κ1) is 11.7. The molecule has 1 fully saturated rings. The van der Waals surface area contributed by atoms with Crippen LogP contribution >= 0.6 is 0 Å². The van der Waals surface area contributed by atoms with Gasteiger partial charge in [0.05, 0.1) is 4.75 Å². The van der Waals surface area contributed by atoms with Gasteiger partial charge in [0.1, 0.15) is 0 Å². The van der Waals surface area contributed by atoms with Gasteiger partial charge in [-0.3, -0.25) is 0 Å². The lowest BCUT2D eigenvalue weighted by atomic mass is 10.1. The standard InChI is InChI=1S/C10H19NO2S/c1-10(2,3)14(12,13)11-8-9-6-4-5-7-9/h8-9H,4-7H2,1-3H3/b11-8+. The Morgan fingerprint density at radius 3 is 2.14 bits per heavy atom. The molecule has 0 aliphatic heterocycles. The van der Waals surface area contributed by atoms with E-state index in [-0.39, 0.29) is 0 Å². The minimum atomic E-state index is -3.32. The molecule has 82 valence electrons. The Labute approximate surface area is 86.7 Å². The van der Waals surface area contributed by atoms with Gasteiger partial charge >= 0.3 is 0 Å². The normalized spacial score (nSPS) is 20.8. The van der Waals surface area contributed by atoms with Gasteiger partial charge in [-0.05, 0) is 39.5 Å². The summed E-state index contributed by atoms with van der Waals surface area (Å²) in [5.41, 5.74) is 0. The lowest BCUT2D eigenvalue weighted by molar-refractivity contribution is 0.562. The molecule has 3 nitrogen and oxygen atoms in total. The second-order valence-corrected chi connectivity index (χ2v) is 7.27. The van der Waals surface area contributed by atoms with Gasteiger partial charge < -0.3 is 0 Å². The summed E-state index contributed by atoms with van der Waals surface area (Å²) in [6.45, 7) is 5.02. The highest BCUT2D eigenvalue weighted by Gasteiger charge is 2.28. The summed E-state index contributed by atoms with van der Waals surface area (Å²) in [4.78, 5) is 0. The van der Waals surface area contributed by atoms with E-state index >= 15 is 0 Å². The van der Waals surface area contributed by atoms with E-state index in [9.17, 15) is 8.42 Å². The minimum absolute atomic E-state index is 0.382. The number of hydrogen-bond donors (Lipinski definition) is 0. The smallest absolute Gasteiger partial charge is 0.204 e. The summed E-state index contributed by atoms with van der Waals surface area (Å²) in [5.74, 6) is 0.382. The first-order chi connectivity index (χ1) is 6.33. The molecule has 0 aromatic carbocycles. The third-order valence-corrected chi connectivity index (χ3v) is 4.53. The number of nitrogens with zero attached hydrogens (tertiary/aromatic N) is 1.